The molecule has 1 amide bonds. The Morgan fingerprint density at radius 1 is 1.19 bits per heavy atom. The van der Waals surface area contributed by atoms with Crippen molar-refractivity contribution in [3.05, 3.63) is 88.8 Å². The summed E-state index contributed by atoms with van der Waals surface area (Å²) >= 11 is 5.97. The standard InChI is InChI=1S/C26H21ClF2N2O6/c1-34-23-13-16(4-10-22(23)37-26(28)29)5-11-25(33)36-15-24(32)31-20(21-3-2-12-35-21)14-19(30-31)17-6-8-18(27)9-7-17/h2-13,20,26H,14-15H2,1H3/b11-5+. The predicted molar refractivity (Wildman–Crippen MR) is 131 cm³/mol. The van der Waals surface area contributed by atoms with Crippen LogP contribution in [0, 0.1) is 0 Å². The van der Waals surface area contributed by atoms with E-state index >= 15 is 0 Å². The zero-order valence-corrected chi connectivity index (χ0v) is 20.2. The molecule has 0 saturated carbocycles. The smallest absolute Gasteiger partial charge is 0.387 e. The van der Waals surface area contributed by atoms with Crippen LogP contribution in [0.1, 0.15) is 29.3 Å². The number of esters is 1. The first-order valence-electron chi connectivity index (χ1n) is 11.0. The molecule has 0 aliphatic carbocycles. The Hall–Kier alpha value is -4.18. The minimum Gasteiger partial charge on any atom is -0.493 e. The average Bonchev–Trinajstić information content (AvgIpc) is 3.57. The molecule has 0 bridgehead atoms. The van der Waals surface area contributed by atoms with Crippen molar-refractivity contribution in [2.24, 2.45) is 5.10 Å². The highest BCUT2D eigenvalue weighted by Gasteiger charge is 2.35. The monoisotopic (exact) mass is 530 g/mol. The molecule has 37 heavy (non-hydrogen) atoms. The Kier molecular flexibility index (Phi) is 8.19. The molecule has 1 aliphatic rings. The van der Waals surface area contributed by atoms with Crippen LogP contribution >= 0.6 is 11.6 Å². The number of hydrogen-bond donors (Lipinski definition) is 0. The number of hydrazone groups is 1. The van der Waals surface area contributed by atoms with Gasteiger partial charge in [-0.15, -0.1) is 0 Å². The number of hydrogen-bond acceptors (Lipinski definition) is 7. The fourth-order valence-electron chi connectivity index (χ4n) is 3.65. The Balaban J connectivity index is 1.41. The molecule has 0 spiro atoms. The summed E-state index contributed by atoms with van der Waals surface area (Å²) in [4.78, 5) is 25.2. The largest absolute Gasteiger partial charge is 0.493 e. The number of methoxy groups -OCH3 is 1. The molecule has 0 N–H and O–H groups in total. The molecule has 192 valence electrons. The van der Waals surface area contributed by atoms with E-state index in [0.717, 1.165) is 11.6 Å². The van der Waals surface area contributed by atoms with Crippen molar-refractivity contribution in [2.75, 3.05) is 13.7 Å². The number of alkyl halides is 2. The maximum atomic E-state index is 12.9. The second kappa shape index (κ2) is 11.7. The highest BCUT2D eigenvalue weighted by Crippen LogP contribution is 2.33. The molecule has 1 aromatic heterocycles. The van der Waals surface area contributed by atoms with Gasteiger partial charge in [0.15, 0.2) is 18.1 Å². The number of ether oxygens (including phenoxy) is 3. The molecular weight excluding hydrogens is 510 g/mol. The lowest BCUT2D eigenvalue weighted by Crippen LogP contribution is -2.31. The van der Waals surface area contributed by atoms with Crippen LogP contribution in [0.25, 0.3) is 6.08 Å². The van der Waals surface area contributed by atoms with Gasteiger partial charge in [0.1, 0.15) is 11.8 Å². The molecule has 0 fully saturated rings. The second-order valence-corrected chi connectivity index (χ2v) is 8.19. The van der Waals surface area contributed by atoms with Gasteiger partial charge in [0.2, 0.25) is 0 Å². The van der Waals surface area contributed by atoms with Crippen molar-refractivity contribution in [1.29, 1.82) is 0 Å². The number of rotatable bonds is 9. The van der Waals surface area contributed by atoms with E-state index in [1.54, 1.807) is 36.4 Å². The molecule has 2 heterocycles. The molecule has 1 aliphatic heterocycles. The number of amides is 1. The summed E-state index contributed by atoms with van der Waals surface area (Å²) in [6.07, 6.45) is 4.40. The highest BCUT2D eigenvalue weighted by molar-refractivity contribution is 6.30. The highest BCUT2D eigenvalue weighted by atomic mass is 35.5. The summed E-state index contributed by atoms with van der Waals surface area (Å²) in [6.45, 7) is -3.56. The minimum atomic E-state index is -3.00. The first kappa shape index (κ1) is 25.9. The lowest BCUT2D eigenvalue weighted by Gasteiger charge is -2.19. The Bertz CT molecular complexity index is 1310. The van der Waals surface area contributed by atoms with E-state index in [-0.39, 0.29) is 11.5 Å². The van der Waals surface area contributed by atoms with Gasteiger partial charge in [-0.1, -0.05) is 29.8 Å². The van der Waals surface area contributed by atoms with Crippen molar-refractivity contribution in [3.8, 4) is 11.5 Å². The van der Waals surface area contributed by atoms with Gasteiger partial charge >= 0.3 is 12.6 Å². The van der Waals surface area contributed by atoms with Crippen molar-refractivity contribution in [2.45, 2.75) is 19.1 Å². The first-order chi connectivity index (χ1) is 17.8. The third kappa shape index (κ3) is 6.53. The SMILES string of the molecule is COc1cc(/C=C/C(=O)OCC(=O)N2N=C(c3ccc(Cl)cc3)CC2c2ccco2)ccc1OC(F)F. The number of benzene rings is 2. The number of furan rings is 1. The van der Waals surface area contributed by atoms with Gasteiger partial charge < -0.3 is 18.6 Å². The maximum absolute atomic E-state index is 12.9. The molecule has 1 unspecified atom stereocenters. The van der Waals surface area contributed by atoms with Gasteiger partial charge in [-0.3, -0.25) is 4.79 Å². The molecule has 2 aromatic carbocycles. The van der Waals surface area contributed by atoms with Gasteiger partial charge in [0.25, 0.3) is 5.91 Å². The molecular formula is C26H21ClF2N2O6. The van der Waals surface area contributed by atoms with Crippen molar-refractivity contribution >= 4 is 35.3 Å². The molecule has 8 nitrogen and oxygen atoms in total. The molecule has 0 saturated heterocycles. The summed E-state index contributed by atoms with van der Waals surface area (Å²) in [6, 6.07) is 14.2. The van der Waals surface area contributed by atoms with E-state index in [9.17, 15) is 18.4 Å². The van der Waals surface area contributed by atoms with Gasteiger partial charge in [-0.25, -0.2) is 9.80 Å². The zero-order chi connectivity index (χ0) is 26.4. The van der Waals surface area contributed by atoms with Crippen LogP contribution in [0.5, 0.6) is 11.5 Å². The number of carbonyl (C=O) groups is 2. The number of carbonyl (C=O) groups excluding carboxylic acids is 2. The van der Waals surface area contributed by atoms with Gasteiger partial charge in [0, 0.05) is 17.5 Å². The lowest BCUT2D eigenvalue weighted by molar-refractivity contribution is -0.149. The number of nitrogens with zero attached hydrogens (tertiary/aromatic N) is 2. The summed E-state index contributed by atoms with van der Waals surface area (Å²) in [7, 11) is 1.30. The maximum Gasteiger partial charge on any atom is 0.387 e. The van der Waals surface area contributed by atoms with Crippen LogP contribution in [-0.4, -0.2) is 42.9 Å². The topological polar surface area (TPSA) is 90.6 Å². The fraction of sp³-hybridized carbons (Fsp3) is 0.192. The van der Waals surface area contributed by atoms with Crippen LogP contribution in [0.3, 0.4) is 0 Å². The quantitative estimate of drug-likeness (QED) is 0.269. The predicted octanol–water partition coefficient (Wildman–Crippen LogP) is 5.48. The molecule has 11 heteroatoms. The number of halogens is 3. The fourth-order valence-corrected chi connectivity index (χ4v) is 3.78. The van der Waals surface area contributed by atoms with Crippen LogP contribution in [0.2, 0.25) is 5.02 Å². The van der Waals surface area contributed by atoms with Crippen LogP contribution in [-0.2, 0) is 14.3 Å². The van der Waals surface area contributed by atoms with E-state index in [4.69, 9.17) is 25.5 Å². The zero-order valence-electron chi connectivity index (χ0n) is 19.5. The van der Waals surface area contributed by atoms with Gasteiger partial charge in [0.05, 0.1) is 19.1 Å². The van der Waals surface area contributed by atoms with E-state index in [1.807, 2.05) is 0 Å². The Morgan fingerprint density at radius 3 is 2.65 bits per heavy atom. The van der Waals surface area contributed by atoms with E-state index in [0.29, 0.717) is 28.5 Å². The van der Waals surface area contributed by atoms with E-state index in [2.05, 4.69) is 9.84 Å². The van der Waals surface area contributed by atoms with Crippen molar-refractivity contribution in [1.82, 2.24) is 5.01 Å². The Labute approximate surface area is 215 Å². The third-order valence-corrected chi connectivity index (χ3v) is 5.62. The summed E-state index contributed by atoms with van der Waals surface area (Å²) in [5.41, 5.74) is 1.93. The molecule has 3 aromatic rings. The summed E-state index contributed by atoms with van der Waals surface area (Å²) < 4.78 is 45.0. The first-order valence-corrected chi connectivity index (χ1v) is 11.4. The van der Waals surface area contributed by atoms with Gasteiger partial charge in [-0.05, 0) is 53.6 Å². The van der Waals surface area contributed by atoms with Crippen LogP contribution < -0.4 is 9.47 Å². The summed E-state index contributed by atoms with van der Waals surface area (Å²) in [5.74, 6) is -0.852. The van der Waals surface area contributed by atoms with Crippen LogP contribution in [0.15, 0.2) is 76.5 Å². The third-order valence-electron chi connectivity index (χ3n) is 5.37. The molecule has 4 rings (SSSR count). The average molecular weight is 531 g/mol. The van der Waals surface area contributed by atoms with E-state index < -0.39 is 31.1 Å². The lowest BCUT2D eigenvalue weighted by atomic mass is 10.0. The summed E-state index contributed by atoms with van der Waals surface area (Å²) in [5, 5.41) is 6.27. The minimum absolute atomic E-state index is 0.0679. The molecule has 0 radical (unpaired) electrons. The van der Waals surface area contributed by atoms with Crippen molar-refractivity contribution in [3.63, 3.8) is 0 Å². The van der Waals surface area contributed by atoms with Crippen LogP contribution in [0.4, 0.5) is 8.78 Å². The normalized spacial score (nSPS) is 15.2. The second-order valence-electron chi connectivity index (χ2n) is 7.76. The molecule has 1 atom stereocenters. The van der Waals surface area contributed by atoms with E-state index in [1.165, 1.54) is 42.7 Å². The van der Waals surface area contributed by atoms with Gasteiger partial charge in [-0.2, -0.15) is 13.9 Å². The Morgan fingerprint density at radius 2 is 1.97 bits per heavy atom. The van der Waals surface area contributed by atoms with Crippen molar-refractivity contribution < 1.29 is 37.0 Å².